The molecule has 0 atom stereocenters. The Morgan fingerprint density at radius 1 is 1.50 bits per heavy atom. The first-order valence-corrected chi connectivity index (χ1v) is 5.88. The zero-order valence-electron chi connectivity index (χ0n) is 9.83. The Morgan fingerprint density at radius 3 is 2.75 bits per heavy atom. The average Bonchev–Trinajstić information content (AvgIpc) is 2.29. The molecular formula is C13H19NO2. The lowest BCUT2D eigenvalue weighted by atomic mass is 10.0. The maximum Gasteiger partial charge on any atom is 0.407 e. The molecule has 0 aromatic carbocycles. The zero-order valence-corrected chi connectivity index (χ0v) is 9.83. The molecule has 0 unspecified atom stereocenters. The predicted molar refractivity (Wildman–Crippen MR) is 64.2 cm³/mol. The molecule has 3 nitrogen and oxygen atoms in total. The third-order valence-corrected chi connectivity index (χ3v) is 2.71. The summed E-state index contributed by atoms with van der Waals surface area (Å²) in [6.07, 6.45) is 6.11. The van der Waals surface area contributed by atoms with Crippen LogP contribution in [0.1, 0.15) is 39.0 Å². The first kappa shape index (κ1) is 12.6. The molecule has 1 rings (SSSR count). The van der Waals surface area contributed by atoms with Gasteiger partial charge in [0.05, 0.1) is 0 Å². The number of piperidine rings is 1. The van der Waals surface area contributed by atoms with E-state index >= 15 is 0 Å². The van der Waals surface area contributed by atoms with Gasteiger partial charge in [-0.15, -0.1) is 0 Å². The van der Waals surface area contributed by atoms with Crippen molar-refractivity contribution in [2.24, 2.45) is 0 Å². The Labute approximate surface area is 97.1 Å². The van der Waals surface area contributed by atoms with E-state index in [4.69, 9.17) is 5.11 Å². The highest BCUT2D eigenvalue weighted by Crippen LogP contribution is 2.15. The van der Waals surface area contributed by atoms with Crippen LogP contribution in [0.3, 0.4) is 0 Å². The SMILES string of the molecule is CCCCC#CC=C1CCN(C(=O)O)CC1. The van der Waals surface area contributed by atoms with Crippen molar-refractivity contribution in [2.75, 3.05) is 13.1 Å². The Kier molecular flexibility index (Phi) is 5.49. The Morgan fingerprint density at radius 2 is 2.19 bits per heavy atom. The van der Waals surface area contributed by atoms with E-state index in [2.05, 4.69) is 18.8 Å². The molecule has 1 fully saturated rings. The first-order valence-electron chi connectivity index (χ1n) is 5.88. The summed E-state index contributed by atoms with van der Waals surface area (Å²) in [5.74, 6) is 6.17. The van der Waals surface area contributed by atoms with E-state index in [9.17, 15) is 4.79 Å². The summed E-state index contributed by atoms with van der Waals surface area (Å²) in [6.45, 7) is 3.37. The van der Waals surface area contributed by atoms with Gasteiger partial charge in [0.2, 0.25) is 0 Å². The molecular weight excluding hydrogens is 202 g/mol. The molecule has 3 heteroatoms. The molecule has 0 aliphatic carbocycles. The van der Waals surface area contributed by atoms with Crippen molar-refractivity contribution in [3.05, 3.63) is 11.6 Å². The van der Waals surface area contributed by atoms with E-state index in [1.54, 1.807) is 0 Å². The van der Waals surface area contributed by atoms with Gasteiger partial charge >= 0.3 is 6.09 Å². The summed E-state index contributed by atoms with van der Waals surface area (Å²) in [5, 5.41) is 8.78. The summed E-state index contributed by atoms with van der Waals surface area (Å²) in [4.78, 5) is 12.1. The molecule has 1 amide bonds. The molecule has 1 aliphatic rings. The number of rotatable bonds is 2. The normalized spacial score (nSPS) is 15.3. The molecule has 1 aliphatic heterocycles. The Bertz CT molecular complexity index is 313. The lowest BCUT2D eigenvalue weighted by Crippen LogP contribution is -2.35. The van der Waals surface area contributed by atoms with Crippen molar-refractivity contribution in [1.82, 2.24) is 4.90 Å². The monoisotopic (exact) mass is 221 g/mol. The molecule has 0 bridgehead atoms. The smallest absolute Gasteiger partial charge is 0.407 e. The summed E-state index contributed by atoms with van der Waals surface area (Å²) >= 11 is 0. The van der Waals surface area contributed by atoms with Crippen LogP contribution in [-0.4, -0.2) is 29.2 Å². The van der Waals surface area contributed by atoms with E-state index in [1.807, 2.05) is 6.08 Å². The van der Waals surface area contributed by atoms with E-state index in [-0.39, 0.29) is 0 Å². The van der Waals surface area contributed by atoms with Gasteiger partial charge in [-0.2, -0.15) is 0 Å². The molecule has 16 heavy (non-hydrogen) atoms. The topological polar surface area (TPSA) is 40.5 Å². The van der Waals surface area contributed by atoms with Gasteiger partial charge in [-0.05, 0) is 25.3 Å². The molecule has 88 valence electrons. The Hall–Kier alpha value is -1.43. The van der Waals surface area contributed by atoms with Gasteiger partial charge in [0.1, 0.15) is 0 Å². The molecule has 0 aromatic rings. The van der Waals surface area contributed by atoms with Crippen LogP contribution >= 0.6 is 0 Å². The summed E-state index contributed by atoms with van der Waals surface area (Å²) in [7, 11) is 0. The van der Waals surface area contributed by atoms with Crippen molar-refractivity contribution in [2.45, 2.75) is 39.0 Å². The van der Waals surface area contributed by atoms with Crippen LogP contribution in [0.2, 0.25) is 0 Å². The van der Waals surface area contributed by atoms with Gasteiger partial charge < -0.3 is 10.0 Å². The van der Waals surface area contributed by atoms with Gasteiger partial charge in [0.15, 0.2) is 0 Å². The Balaban J connectivity index is 2.32. The second-order valence-electron chi connectivity index (χ2n) is 4.00. The van der Waals surface area contributed by atoms with Crippen LogP contribution in [0.5, 0.6) is 0 Å². The number of carboxylic acid groups (broad SMARTS) is 1. The number of likely N-dealkylation sites (tertiary alicyclic amines) is 1. The molecule has 0 radical (unpaired) electrons. The minimum Gasteiger partial charge on any atom is -0.465 e. The fourth-order valence-electron chi connectivity index (χ4n) is 1.62. The fraction of sp³-hybridized carbons (Fsp3) is 0.615. The first-order chi connectivity index (χ1) is 7.74. The minimum absolute atomic E-state index is 0.609. The summed E-state index contributed by atoms with van der Waals surface area (Å²) in [6, 6.07) is 0. The number of nitrogens with zero attached hydrogens (tertiary/aromatic N) is 1. The summed E-state index contributed by atoms with van der Waals surface area (Å²) in [5.41, 5.74) is 1.28. The van der Waals surface area contributed by atoms with E-state index in [1.165, 1.54) is 16.9 Å². The standard InChI is InChI=1S/C13H19NO2/c1-2-3-4-5-6-7-12-8-10-14(11-9-12)13(15)16/h7H,2-4,8-11H2,1H3,(H,15,16). The fourth-order valence-corrected chi connectivity index (χ4v) is 1.62. The third kappa shape index (κ3) is 4.39. The average molecular weight is 221 g/mol. The van der Waals surface area contributed by atoms with Crippen molar-refractivity contribution in [3.63, 3.8) is 0 Å². The van der Waals surface area contributed by atoms with Gasteiger partial charge in [-0.25, -0.2) is 4.79 Å². The molecule has 0 aromatic heterocycles. The number of hydrogen-bond donors (Lipinski definition) is 1. The maximum absolute atomic E-state index is 10.7. The van der Waals surface area contributed by atoms with Crippen LogP contribution in [0.25, 0.3) is 0 Å². The second-order valence-corrected chi connectivity index (χ2v) is 4.00. The summed E-state index contributed by atoms with van der Waals surface area (Å²) < 4.78 is 0. The van der Waals surface area contributed by atoms with E-state index < -0.39 is 6.09 Å². The maximum atomic E-state index is 10.7. The minimum atomic E-state index is -0.812. The second kappa shape index (κ2) is 6.95. The number of unbranched alkanes of at least 4 members (excludes halogenated alkanes) is 2. The van der Waals surface area contributed by atoms with E-state index in [0.717, 1.165) is 25.7 Å². The molecule has 0 spiro atoms. The van der Waals surface area contributed by atoms with Gasteiger partial charge in [-0.1, -0.05) is 30.8 Å². The van der Waals surface area contributed by atoms with Gasteiger partial charge in [0, 0.05) is 19.5 Å². The van der Waals surface area contributed by atoms with Crippen molar-refractivity contribution < 1.29 is 9.90 Å². The largest absolute Gasteiger partial charge is 0.465 e. The molecule has 1 N–H and O–H groups in total. The lowest BCUT2D eigenvalue weighted by Gasteiger charge is -2.25. The van der Waals surface area contributed by atoms with Crippen LogP contribution in [-0.2, 0) is 0 Å². The number of hydrogen-bond acceptors (Lipinski definition) is 1. The lowest BCUT2D eigenvalue weighted by molar-refractivity contribution is 0.141. The van der Waals surface area contributed by atoms with Crippen molar-refractivity contribution in [3.8, 4) is 11.8 Å². The highest BCUT2D eigenvalue weighted by atomic mass is 16.4. The third-order valence-electron chi connectivity index (χ3n) is 2.71. The molecule has 1 heterocycles. The zero-order chi connectivity index (χ0) is 11.8. The number of allylic oxidation sites excluding steroid dienone is 1. The highest BCUT2D eigenvalue weighted by Gasteiger charge is 2.17. The van der Waals surface area contributed by atoms with Gasteiger partial charge in [0.25, 0.3) is 0 Å². The van der Waals surface area contributed by atoms with Crippen LogP contribution in [0.15, 0.2) is 11.6 Å². The van der Waals surface area contributed by atoms with Crippen LogP contribution < -0.4 is 0 Å². The quantitative estimate of drug-likeness (QED) is 0.575. The van der Waals surface area contributed by atoms with Crippen LogP contribution in [0.4, 0.5) is 4.79 Å². The molecule has 1 saturated heterocycles. The van der Waals surface area contributed by atoms with Crippen molar-refractivity contribution in [1.29, 1.82) is 0 Å². The predicted octanol–water partition coefficient (Wildman–Crippen LogP) is 2.88. The van der Waals surface area contributed by atoms with E-state index in [0.29, 0.717) is 13.1 Å². The molecule has 0 saturated carbocycles. The number of amides is 1. The van der Waals surface area contributed by atoms with Crippen LogP contribution in [0, 0.1) is 11.8 Å². The van der Waals surface area contributed by atoms with Crippen molar-refractivity contribution >= 4 is 6.09 Å². The van der Waals surface area contributed by atoms with Gasteiger partial charge in [-0.3, -0.25) is 0 Å². The highest BCUT2D eigenvalue weighted by molar-refractivity contribution is 5.65. The number of carbonyl (C=O) groups is 1.